The highest BCUT2D eigenvalue weighted by Gasteiger charge is 2.12. The third-order valence-electron chi connectivity index (χ3n) is 2.60. The Morgan fingerprint density at radius 3 is 2.16 bits per heavy atom. The highest BCUT2D eigenvalue weighted by molar-refractivity contribution is 5.75. The van der Waals surface area contributed by atoms with Crippen molar-refractivity contribution in [3.8, 4) is 23.0 Å². The molecule has 98 valence electrons. The molecule has 0 fully saturated rings. The standard InChI is InChI=1S/C15H14O4/c1-17-13-7-4-8-14(18-2)15(13)19-12-6-3-5-11(9-12)10-16/h3-10H,1-2H3. The van der Waals surface area contributed by atoms with E-state index < -0.39 is 0 Å². The average molecular weight is 258 g/mol. The maximum atomic E-state index is 10.8. The first-order chi connectivity index (χ1) is 9.28. The van der Waals surface area contributed by atoms with Crippen LogP contribution < -0.4 is 14.2 Å². The van der Waals surface area contributed by atoms with Crippen LogP contribution in [0.25, 0.3) is 0 Å². The summed E-state index contributed by atoms with van der Waals surface area (Å²) in [5.41, 5.74) is 0.548. The van der Waals surface area contributed by atoms with E-state index in [9.17, 15) is 4.79 Å². The van der Waals surface area contributed by atoms with Gasteiger partial charge in [0.1, 0.15) is 12.0 Å². The van der Waals surface area contributed by atoms with E-state index in [1.54, 1.807) is 50.6 Å². The highest BCUT2D eigenvalue weighted by atomic mass is 16.5. The Balaban J connectivity index is 2.38. The van der Waals surface area contributed by atoms with Crippen LogP contribution in [-0.4, -0.2) is 20.5 Å². The van der Waals surface area contributed by atoms with Gasteiger partial charge in [0, 0.05) is 5.56 Å². The number of aldehydes is 1. The van der Waals surface area contributed by atoms with E-state index in [0.717, 1.165) is 6.29 Å². The van der Waals surface area contributed by atoms with Gasteiger partial charge in [-0.3, -0.25) is 4.79 Å². The van der Waals surface area contributed by atoms with Gasteiger partial charge >= 0.3 is 0 Å². The van der Waals surface area contributed by atoms with Gasteiger partial charge in [-0.1, -0.05) is 18.2 Å². The number of carbonyl (C=O) groups is 1. The molecule has 0 aliphatic heterocycles. The van der Waals surface area contributed by atoms with Crippen LogP contribution in [0.15, 0.2) is 42.5 Å². The normalized spacial score (nSPS) is 9.79. The molecule has 0 amide bonds. The van der Waals surface area contributed by atoms with E-state index in [1.165, 1.54) is 0 Å². The molecular weight excluding hydrogens is 244 g/mol. The molecular formula is C15H14O4. The molecule has 19 heavy (non-hydrogen) atoms. The average Bonchev–Trinajstić information content (AvgIpc) is 2.47. The van der Waals surface area contributed by atoms with Crippen molar-refractivity contribution in [3.05, 3.63) is 48.0 Å². The number of ether oxygens (including phenoxy) is 3. The van der Waals surface area contributed by atoms with E-state index in [1.807, 2.05) is 6.07 Å². The van der Waals surface area contributed by atoms with E-state index in [-0.39, 0.29) is 0 Å². The van der Waals surface area contributed by atoms with E-state index in [0.29, 0.717) is 28.6 Å². The molecule has 0 spiro atoms. The number of hydrogen-bond acceptors (Lipinski definition) is 4. The summed E-state index contributed by atoms with van der Waals surface area (Å²) < 4.78 is 16.2. The zero-order chi connectivity index (χ0) is 13.7. The molecule has 0 saturated carbocycles. The molecule has 0 aromatic heterocycles. The maximum Gasteiger partial charge on any atom is 0.210 e. The van der Waals surface area contributed by atoms with Gasteiger partial charge in [-0.25, -0.2) is 0 Å². The predicted octanol–water partition coefficient (Wildman–Crippen LogP) is 3.31. The zero-order valence-corrected chi connectivity index (χ0v) is 10.8. The van der Waals surface area contributed by atoms with Crippen molar-refractivity contribution in [2.45, 2.75) is 0 Å². The highest BCUT2D eigenvalue weighted by Crippen LogP contribution is 2.39. The molecule has 0 atom stereocenters. The number of rotatable bonds is 5. The first-order valence-corrected chi connectivity index (χ1v) is 5.72. The summed E-state index contributed by atoms with van der Waals surface area (Å²) in [6, 6.07) is 12.2. The van der Waals surface area contributed by atoms with Gasteiger partial charge in [0.2, 0.25) is 5.75 Å². The Hall–Kier alpha value is -2.49. The lowest BCUT2D eigenvalue weighted by molar-refractivity contribution is 0.112. The molecule has 4 heteroatoms. The second-order valence-corrected chi connectivity index (χ2v) is 3.78. The maximum absolute atomic E-state index is 10.8. The molecule has 0 aliphatic rings. The lowest BCUT2D eigenvalue weighted by atomic mass is 10.2. The SMILES string of the molecule is COc1cccc(OC)c1Oc1cccc(C=O)c1. The van der Waals surface area contributed by atoms with Crippen LogP contribution in [0.5, 0.6) is 23.0 Å². The van der Waals surface area contributed by atoms with Gasteiger partial charge in [-0.2, -0.15) is 0 Å². The Morgan fingerprint density at radius 1 is 0.947 bits per heavy atom. The molecule has 0 heterocycles. The van der Waals surface area contributed by atoms with Crippen molar-refractivity contribution in [1.29, 1.82) is 0 Å². The van der Waals surface area contributed by atoms with E-state index in [2.05, 4.69) is 0 Å². The summed E-state index contributed by atoms with van der Waals surface area (Å²) >= 11 is 0. The number of carbonyl (C=O) groups excluding carboxylic acids is 1. The summed E-state index contributed by atoms with van der Waals surface area (Å²) in [6.45, 7) is 0. The van der Waals surface area contributed by atoms with Crippen molar-refractivity contribution >= 4 is 6.29 Å². The topological polar surface area (TPSA) is 44.8 Å². The van der Waals surface area contributed by atoms with E-state index in [4.69, 9.17) is 14.2 Å². The van der Waals surface area contributed by atoms with Crippen LogP contribution in [-0.2, 0) is 0 Å². The molecule has 2 aromatic rings. The fourth-order valence-electron chi connectivity index (χ4n) is 1.69. The quantitative estimate of drug-likeness (QED) is 0.772. The van der Waals surface area contributed by atoms with Crippen molar-refractivity contribution < 1.29 is 19.0 Å². The largest absolute Gasteiger partial charge is 0.493 e. The van der Waals surface area contributed by atoms with Crippen LogP contribution in [0.4, 0.5) is 0 Å². The van der Waals surface area contributed by atoms with Gasteiger partial charge in [-0.15, -0.1) is 0 Å². The summed E-state index contributed by atoms with van der Waals surface area (Å²) in [7, 11) is 3.12. The first-order valence-electron chi connectivity index (χ1n) is 5.72. The molecule has 0 bridgehead atoms. The fourth-order valence-corrected chi connectivity index (χ4v) is 1.69. The van der Waals surface area contributed by atoms with Crippen LogP contribution >= 0.6 is 0 Å². The van der Waals surface area contributed by atoms with Gasteiger partial charge in [0.05, 0.1) is 14.2 Å². The smallest absolute Gasteiger partial charge is 0.210 e. The van der Waals surface area contributed by atoms with Gasteiger partial charge in [-0.05, 0) is 24.3 Å². The Labute approximate surface area is 111 Å². The minimum Gasteiger partial charge on any atom is -0.493 e. The second kappa shape index (κ2) is 5.91. The number of benzene rings is 2. The Morgan fingerprint density at radius 2 is 1.58 bits per heavy atom. The molecule has 0 radical (unpaired) electrons. The van der Waals surface area contributed by atoms with Crippen molar-refractivity contribution in [2.75, 3.05) is 14.2 Å². The molecule has 0 saturated heterocycles. The first kappa shape index (κ1) is 13.0. The summed E-state index contributed by atoms with van der Waals surface area (Å²) in [4.78, 5) is 10.8. The van der Waals surface area contributed by atoms with Crippen molar-refractivity contribution in [2.24, 2.45) is 0 Å². The van der Waals surface area contributed by atoms with Gasteiger partial charge < -0.3 is 14.2 Å². The lowest BCUT2D eigenvalue weighted by Crippen LogP contribution is -1.94. The molecule has 0 N–H and O–H groups in total. The molecule has 0 unspecified atom stereocenters. The van der Waals surface area contributed by atoms with Crippen LogP contribution in [0.1, 0.15) is 10.4 Å². The van der Waals surface area contributed by atoms with Crippen LogP contribution in [0.3, 0.4) is 0 Å². The number of para-hydroxylation sites is 1. The zero-order valence-electron chi connectivity index (χ0n) is 10.8. The summed E-state index contributed by atoms with van der Waals surface area (Å²) in [5, 5.41) is 0. The number of methoxy groups -OCH3 is 2. The van der Waals surface area contributed by atoms with E-state index >= 15 is 0 Å². The fraction of sp³-hybridized carbons (Fsp3) is 0.133. The third kappa shape index (κ3) is 2.85. The Bertz CT molecular complexity index is 556. The van der Waals surface area contributed by atoms with Crippen molar-refractivity contribution in [1.82, 2.24) is 0 Å². The second-order valence-electron chi connectivity index (χ2n) is 3.78. The van der Waals surface area contributed by atoms with Crippen LogP contribution in [0, 0.1) is 0 Å². The lowest BCUT2D eigenvalue weighted by Gasteiger charge is -2.13. The third-order valence-corrected chi connectivity index (χ3v) is 2.60. The molecule has 2 rings (SSSR count). The minimum absolute atomic E-state index is 0.482. The molecule has 4 nitrogen and oxygen atoms in total. The monoisotopic (exact) mass is 258 g/mol. The molecule has 2 aromatic carbocycles. The predicted molar refractivity (Wildman–Crippen MR) is 71.4 cm³/mol. The molecule has 0 aliphatic carbocycles. The van der Waals surface area contributed by atoms with Gasteiger partial charge in [0.25, 0.3) is 0 Å². The summed E-state index contributed by atoms with van der Waals surface area (Å²) in [6.07, 6.45) is 0.770. The van der Waals surface area contributed by atoms with Crippen LogP contribution in [0.2, 0.25) is 0 Å². The Kier molecular flexibility index (Phi) is 4.03. The number of hydrogen-bond donors (Lipinski definition) is 0. The van der Waals surface area contributed by atoms with Gasteiger partial charge in [0.15, 0.2) is 11.5 Å². The summed E-state index contributed by atoms with van der Waals surface area (Å²) in [5.74, 6) is 2.16. The minimum atomic E-state index is 0.482. The van der Waals surface area contributed by atoms with Crippen molar-refractivity contribution in [3.63, 3.8) is 0 Å².